The second kappa shape index (κ2) is 12.1. The fourth-order valence-corrected chi connectivity index (χ4v) is 11.6. The van der Waals surface area contributed by atoms with Crippen LogP contribution in [-0.2, 0) is 32.9 Å². The molecule has 2 saturated heterocycles. The third-order valence-corrected chi connectivity index (χ3v) is 14.2. The molecule has 44 heavy (non-hydrogen) atoms. The van der Waals surface area contributed by atoms with E-state index in [1.54, 1.807) is 11.8 Å². The van der Waals surface area contributed by atoms with E-state index in [9.17, 15) is 14.7 Å². The van der Waals surface area contributed by atoms with Crippen LogP contribution < -0.4 is 25.9 Å². The number of nitrogens with one attached hydrogen (secondary N) is 3. The molecule has 5 atom stereocenters. The van der Waals surface area contributed by atoms with E-state index in [2.05, 4.69) is 58.4 Å². The maximum Gasteiger partial charge on any atom is 0.261 e. The van der Waals surface area contributed by atoms with Gasteiger partial charge in [-0.25, -0.2) is 0 Å². The lowest BCUT2D eigenvalue weighted by molar-refractivity contribution is -0.143. The van der Waals surface area contributed by atoms with E-state index in [0.29, 0.717) is 30.8 Å². The van der Waals surface area contributed by atoms with Gasteiger partial charge in [-0.15, -0.1) is 5.10 Å². The smallest absolute Gasteiger partial charge is 0.261 e. The highest BCUT2D eigenvalue weighted by atomic mass is 28.3. The summed E-state index contributed by atoms with van der Waals surface area (Å²) in [7, 11) is -0.609. The molecule has 3 aromatic rings. The van der Waals surface area contributed by atoms with Gasteiger partial charge >= 0.3 is 0 Å². The Balaban J connectivity index is 1.35. The standard InChI is InChI=1S/C32H42N6O5Si/c1-20-29(44(3,4)24-10-8-23(42-2)9-11-24)28(13-16-38-19-22(14-17-39)36-37-38)43-32(20)25-18-21(7-12-26(25)35-31(32)41)34-30(40)27-6-5-15-33-27/h7-12,18-20,27-29,33,39H,5-6,13-17H2,1-4H3,(H,34,40)(H,35,41)/t20-,27+,28+,29-,32+/m0/s1. The zero-order valence-corrected chi connectivity index (χ0v) is 26.8. The Morgan fingerprint density at radius 2 is 2.05 bits per heavy atom. The SMILES string of the molecule is COc1ccc([Si](C)(C)[C@@H]2[C@@H](CCn3cc(CCO)nn3)O[C@]3(C(=O)Nc4ccc(NC(=O)[C@H]5CCCN5)cc43)[C@H]2C)cc1. The number of aliphatic hydroxyl groups is 1. The van der Waals surface area contributed by atoms with Gasteiger partial charge < -0.3 is 30.5 Å². The number of aryl methyl sites for hydroxylation is 1. The van der Waals surface area contributed by atoms with E-state index in [0.717, 1.165) is 36.4 Å². The maximum atomic E-state index is 14.0. The van der Waals surface area contributed by atoms with Crippen molar-refractivity contribution in [3.05, 3.63) is 59.9 Å². The van der Waals surface area contributed by atoms with E-state index < -0.39 is 13.7 Å². The van der Waals surface area contributed by atoms with Crippen LogP contribution in [0.25, 0.3) is 0 Å². The highest BCUT2D eigenvalue weighted by molar-refractivity contribution is 6.91. The molecule has 2 fully saturated rings. The number of ether oxygens (including phenoxy) is 2. The van der Waals surface area contributed by atoms with E-state index in [1.807, 2.05) is 36.5 Å². The number of aliphatic hydroxyl groups excluding tert-OH is 1. The van der Waals surface area contributed by atoms with Gasteiger partial charge in [0.05, 0.1) is 33.0 Å². The van der Waals surface area contributed by atoms with Crippen LogP contribution in [0.4, 0.5) is 11.4 Å². The van der Waals surface area contributed by atoms with Gasteiger partial charge in [0.15, 0.2) is 5.60 Å². The first-order chi connectivity index (χ1) is 21.2. The van der Waals surface area contributed by atoms with Crippen LogP contribution in [-0.4, -0.2) is 72.4 Å². The van der Waals surface area contributed by atoms with Crippen molar-refractivity contribution in [2.24, 2.45) is 5.92 Å². The van der Waals surface area contributed by atoms with Crippen molar-refractivity contribution < 1.29 is 24.2 Å². The maximum absolute atomic E-state index is 14.0. The van der Waals surface area contributed by atoms with Crippen molar-refractivity contribution in [1.29, 1.82) is 0 Å². The van der Waals surface area contributed by atoms with Gasteiger partial charge in [-0.3, -0.25) is 14.3 Å². The number of anilines is 2. The number of hydrogen-bond donors (Lipinski definition) is 4. The van der Waals surface area contributed by atoms with Crippen LogP contribution in [0.1, 0.15) is 37.4 Å². The van der Waals surface area contributed by atoms with E-state index in [-0.39, 0.29) is 42.0 Å². The molecule has 1 aromatic heterocycles. The summed E-state index contributed by atoms with van der Waals surface area (Å²) in [5, 5.41) is 28.4. The Bertz CT molecular complexity index is 1520. The number of aromatic nitrogens is 3. The second-order valence-electron chi connectivity index (χ2n) is 12.7. The zero-order valence-electron chi connectivity index (χ0n) is 25.8. The normalized spacial score (nSPS) is 26.2. The van der Waals surface area contributed by atoms with Crippen molar-refractivity contribution >= 4 is 36.4 Å². The molecule has 3 aliphatic heterocycles. The van der Waals surface area contributed by atoms with Gasteiger partial charge in [0, 0.05) is 48.6 Å². The Kier molecular flexibility index (Phi) is 8.35. The summed E-state index contributed by atoms with van der Waals surface area (Å²) in [6, 6.07) is 13.7. The summed E-state index contributed by atoms with van der Waals surface area (Å²) in [6.07, 6.45) is 4.49. The van der Waals surface area contributed by atoms with Gasteiger partial charge in [0.2, 0.25) is 5.91 Å². The highest BCUT2D eigenvalue weighted by Crippen LogP contribution is 2.58. The topological polar surface area (TPSA) is 140 Å². The fourth-order valence-electron chi connectivity index (χ4n) is 7.55. The fraction of sp³-hybridized carbons (Fsp3) is 0.500. The molecule has 2 aromatic carbocycles. The highest BCUT2D eigenvalue weighted by Gasteiger charge is 2.64. The first kappa shape index (κ1) is 30.4. The van der Waals surface area contributed by atoms with Crippen LogP contribution in [0, 0.1) is 5.92 Å². The number of hydrogen-bond acceptors (Lipinski definition) is 8. The predicted octanol–water partition coefficient (Wildman–Crippen LogP) is 2.77. The van der Waals surface area contributed by atoms with E-state index in [1.165, 1.54) is 5.19 Å². The van der Waals surface area contributed by atoms with Crippen molar-refractivity contribution in [1.82, 2.24) is 20.3 Å². The largest absolute Gasteiger partial charge is 0.497 e. The summed E-state index contributed by atoms with van der Waals surface area (Å²) in [5.74, 6) is 0.421. The minimum atomic E-state index is -2.27. The predicted molar refractivity (Wildman–Crippen MR) is 170 cm³/mol. The van der Waals surface area contributed by atoms with Gasteiger partial charge in [-0.05, 0) is 61.7 Å². The Morgan fingerprint density at radius 1 is 1.25 bits per heavy atom. The van der Waals surface area contributed by atoms with E-state index >= 15 is 0 Å². The van der Waals surface area contributed by atoms with Crippen LogP contribution in [0.3, 0.4) is 0 Å². The van der Waals surface area contributed by atoms with Crippen LogP contribution >= 0.6 is 0 Å². The first-order valence-corrected chi connectivity index (χ1v) is 18.6. The minimum Gasteiger partial charge on any atom is -0.497 e. The number of nitrogens with zero attached hydrogens (tertiary/aromatic N) is 3. The zero-order chi connectivity index (χ0) is 31.1. The molecule has 0 bridgehead atoms. The summed E-state index contributed by atoms with van der Waals surface area (Å²) < 4.78 is 14.3. The summed E-state index contributed by atoms with van der Waals surface area (Å²) in [5.41, 5.74) is 1.75. The first-order valence-electron chi connectivity index (χ1n) is 15.5. The molecule has 1 spiro atoms. The third-order valence-electron chi connectivity index (χ3n) is 9.83. The molecule has 12 heteroatoms. The van der Waals surface area contributed by atoms with Crippen molar-refractivity contribution in [2.45, 2.75) is 75.5 Å². The van der Waals surface area contributed by atoms with Gasteiger partial charge in [0.25, 0.3) is 5.91 Å². The Labute approximate surface area is 258 Å². The molecule has 0 unspecified atom stereocenters. The van der Waals surface area contributed by atoms with E-state index in [4.69, 9.17) is 9.47 Å². The quantitative estimate of drug-likeness (QED) is 0.255. The molecular formula is C32H42N6O5Si. The van der Waals surface area contributed by atoms with Crippen LogP contribution in [0.2, 0.25) is 18.6 Å². The number of fused-ring (bicyclic) bond motifs is 2. The summed E-state index contributed by atoms with van der Waals surface area (Å²) in [4.78, 5) is 26.9. The molecule has 4 N–H and O–H groups in total. The van der Waals surface area contributed by atoms with Crippen molar-refractivity contribution in [2.75, 3.05) is 30.9 Å². The lowest BCUT2D eigenvalue weighted by atomic mass is 9.82. The molecule has 4 heterocycles. The molecule has 6 rings (SSSR count). The number of methoxy groups -OCH3 is 1. The van der Waals surface area contributed by atoms with Gasteiger partial charge in [0.1, 0.15) is 5.75 Å². The number of carbonyl (C=O) groups excluding carboxylic acids is 2. The molecule has 0 aliphatic carbocycles. The van der Waals surface area contributed by atoms with Gasteiger partial charge in [-0.1, -0.05) is 42.6 Å². The number of rotatable bonds is 10. The van der Waals surface area contributed by atoms with Crippen molar-refractivity contribution in [3.8, 4) is 5.75 Å². The summed E-state index contributed by atoms with van der Waals surface area (Å²) in [6.45, 7) is 8.25. The average Bonchev–Trinajstić information content (AvgIpc) is 3.81. The van der Waals surface area contributed by atoms with Crippen LogP contribution in [0.5, 0.6) is 5.75 Å². The number of benzene rings is 2. The molecule has 0 radical (unpaired) electrons. The molecule has 0 saturated carbocycles. The lowest BCUT2D eigenvalue weighted by Crippen LogP contribution is -2.51. The molecule has 234 valence electrons. The monoisotopic (exact) mass is 618 g/mol. The van der Waals surface area contributed by atoms with Crippen LogP contribution in [0.15, 0.2) is 48.7 Å². The summed E-state index contributed by atoms with van der Waals surface area (Å²) >= 11 is 0. The number of carbonyl (C=O) groups is 2. The number of amides is 2. The molecule has 3 aliphatic rings. The lowest BCUT2D eigenvalue weighted by Gasteiger charge is -2.37. The van der Waals surface area contributed by atoms with Gasteiger partial charge in [-0.2, -0.15) is 0 Å². The molecule has 11 nitrogen and oxygen atoms in total. The molecular weight excluding hydrogens is 576 g/mol. The van der Waals surface area contributed by atoms with Crippen molar-refractivity contribution in [3.63, 3.8) is 0 Å². The Morgan fingerprint density at radius 3 is 2.75 bits per heavy atom. The average molecular weight is 619 g/mol. The third kappa shape index (κ3) is 5.33. The minimum absolute atomic E-state index is 0.0162. The second-order valence-corrected chi connectivity index (χ2v) is 17.4. The Hall–Kier alpha value is -3.58. The molecule has 2 amide bonds.